The molecule has 0 aliphatic carbocycles. The van der Waals surface area contributed by atoms with Gasteiger partial charge in [-0.05, 0) is 37.1 Å². The third-order valence-corrected chi connectivity index (χ3v) is 5.31. The van der Waals surface area contributed by atoms with Crippen LogP contribution in [0.4, 0.5) is 0 Å². The van der Waals surface area contributed by atoms with Gasteiger partial charge in [-0.25, -0.2) is 0 Å². The summed E-state index contributed by atoms with van der Waals surface area (Å²) in [6, 6.07) is 6.55. The van der Waals surface area contributed by atoms with Crippen molar-refractivity contribution in [2.75, 3.05) is 26.5 Å². The molecule has 2 rings (SSSR count). The third-order valence-electron chi connectivity index (χ3n) is 3.79. The van der Waals surface area contributed by atoms with Crippen LogP contribution in [0, 0.1) is 0 Å². The fraction of sp³-hybridized carbons (Fsp3) is 0.467. The number of ether oxygens (including phenoxy) is 1. The summed E-state index contributed by atoms with van der Waals surface area (Å²) in [6.07, 6.45) is 2.64. The number of likely N-dealkylation sites (tertiary alicyclic amines) is 1. The predicted octanol–water partition coefficient (Wildman–Crippen LogP) is 1.75. The molecule has 1 aromatic carbocycles. The van der Waals surface area contributed by atoms with Gasteiger partial charge in [0.15, 0.2) is 0 Å². The van der Waals surface area contributed by atoms with E-state index in [0.717, 1.165) is 6.42 Å². The zero-order chi connectivity index (χ0) is 17.0. The topological polar surface area (TPSA) is 99.1 Å². The Kier molecular flexibility index (Phi) is 5.51. The Bertz CT molecular complexity index is 570. The Labute approximate surface area is 137 Å². The molecule has 8 heteroatoms. The number of carbonyl (C=O) groups excluding carboxylic acids is 2. The summed E-state index contributed by atoms with van der Waals surface area (Å²) in [6.45, 7) is 0.308. The number of nitrogens with one attached hydrogen (secondary N) is 1. The lowest BCUT2D eigenvalue weighted by atomic mass is 10.2. The summed E-state index contributed by atoms with van der Waals surface area (Å²) in [7, 11) is -1.28. The maximum absolute atomic E-state index is 12.2. The summed E-state index contributed by atoms with van der Waals surface area (Å²) in [5.74, 6) is -0.0262. The van der Waals surface area contributed by atoms with Crippen molar-refractivity contribution in [3.63, 3.8) is 0 Å². The van der Waals surface area contributed by atoms with E-state index in [1.54, 1.807) is 24.3 Å². The molecule has 0 spiro atoms. The third kappa shape index (κ3) is 4.37. The zero-order valence-corrected chi connectivity index (χ0v) is 14.0. The number of rotatable bonds is 5. The van der Waals surface area contributed by atoms with Gasteiger partial charge >= 0.3 is 0 Å². The Morgan fingerprint density at radius 3 is 2.57 bits per heavy atom. The summed E-state index contributed by atoms with van der Waals surface area (Å²) >= 11 is 0. The van der Waals surface area contributed by atoms with E-state index in [-0.39, 0.29) is 18.4 Å². The van der Waals surface area contributed by atoms with Gasteiger partial charge in [0, 0.05) is 18.4 Å². The monoisotopic (exact) mass is 342 g/mol. The van der Waals surface area contributed by atoms with E-state index in [1.807, 2.05) is 0 Å². The average molecular weight is 342 g/mol. The molecule has 3 N–H and O–H groups in total. The van der Waals surface area contributed by atoms with Gasteiger partial charge in [0.05, 0.1) is 13.7 Å². The van der Waals surface area contributed by atoms with Crippen molar-refractivity contribution < 1.29 is 23.4 Å². The van der Waals surface area contributed by atoms with E-state index in [4.69, 9.17) is 4.74 Å². The molecule has 1 aliphatic heterocycles. The van der Waals surface area contributed by atoms with Gasteiger partial charge in [0.2, 0.25) is 5.91 Å². The maximum atomic E-state index is 12.2. The van der Waals surface area contributed by atoms with Crippen molar-refractivity contribution in [3.05, 3.63) is 29.8 Å². The summed E-state index contributed by atoms with van der Waals surface area (Å²) < 4.78 is 24.6. The molecule has 0 bridgehead atoms. The van der Waals surface area contributed by atoms with Crippen LogP contribution < -0.4 is 10.1 Å². The number of carbonyl (C=O) groups is 2. The molecule has 0 radical (unpaired) electrons. The molecule has 1 fully saturated rings. The highest BCUT2D eigenvalue weighted by Gasteiger charge is 2.35. The highest BCUT2D eigenvalue weighted by molar-refractivity contribution is 8.24. The highest BCUT2D eigenvalue weighted by Crippen LogP contribution is 2.46. The molecule has 23 heavy (non-hydrogen) atoms. The van der Waals surface area contributed by atoms with Crippen LogP contribution in [0.2, 0.25) is 0 Å². The minimum atomic E-state index is -2.82. The number of benzene rings is 1. The van der Waals surface area contributed by atoms with Crippen molar-refractivity contribution in [2.24, 2.45) is 0 Å². The van der Waals surface area contributed by atoms with Crippen molar-refractivity contribution in [1.82, 2.24) is 10.2 Å². The van der Waals surface area contributed by atoms with E-state index >= 15 is 0 Å². The minimum absolute atomic E-state index is 0.170. The summed E-state index contributed by atoms with van der Waals surface area (Å²) in [5, 5.41) is 2.00. The number of nitrogens with zero attached hydrogens (tertiary/aromatic N) is 1. The van der Waals surface area contributed by atoms with Gasteiger partial charge in [-0.15, -0.1) is 0 Å². The number of amides is 2. The average Bonchev–Trinajstić information content (AvgIpc) is 3.02. The molecule has 128 valence electrons. The van der Waals surface area contributed by atoms with Crippen molar-refractivity contribution in [2.45, 2.75) is 18.2 Å². The Hall–Kier alpha value is -1.77. The first kappa shape index (κ1) is 17.6. The predicted molar refractivity (Wildman–Crippen MR) is 88.8 cm³/mol. The number of methoxy groups -OCH3 is 1. The van der Waals surface area contributed by atoms with Crippen LogP contribution >= 0.6 is 10.6 Å². The van der Waals surface area contributed by atoms with Gasteiger partial charge in [-0.2, -0.15) is 10.6 Å². The SMILES string of the molecule is COc1ccc(C(=O)NCC(=O)N2CCCC2S(C)(O)O)cc1. The van der Waals surface area contributed by atoms with Gasteiger partial charge in [0.1, 0.15) is 11.1 Å². The lowest BCUT2D eigenvalue weighted by Crippen LogP contribution is -2.44. The van der Waals surface area contributed by atoms with Crippen LogP contribution in [0.25, 0.3) is 0 Å². The van der Waals surface area contributed by atoms with E-state index in [1.165, 1.54) is 18.3 Å². The van der Waals surface area contributed by atoms with Crippen molar-refractivity contribution in [3.8, 4) is 5.75 Å². The van der Waals surface area contributed by atoms with E-state index in [0.29, 0.717) is 24.3 Å². The van der Waals surface area contributed by atoms with Crippen LogP contribution in [0.5, 0.6) is 5.75 Å². The molecule has 2 amide bonds. The molecule has 1 unspecified atom stereocenters. The van der Waals surface area contributed by atoms with Crippen LogP contribution in [0.3, 0.4) is 0 Å². The lowest BCUT2D eigenvalue weighted by Gasteiger charge is -2.39. The fourth-order valence-corrected chi connectivity index (χ4v) is 3.91. The van der Waals surface area contributed by atoms with E-state index in [9.17, 15) is 18.7 Å². The first-order chi connectivity index (χ1) is 10.8. The number of hydrogen-bond donors (Lipinski definition) is 3. The summed E-state index contributed by atoms with van der Waals surface area (Å²) in [4.78, 5) is 25.7. The van der Waals surface area contributed by atoms with Crippen LogP contribution in [0.15, 0.2) is 24.3 Å². The second-order valence-electron chi connectivity index (χ2n) is 5.49. The van der Waals surface area contributed by atoms with Crippen molar-refractivity contribution >= 4 is 22.4 Å². The van der Waals surface area contributed by atoms with E-state index < -0.39 is 16.0 Å². The summed E-state index contributed by atoms with van der Waals surface area (Å²) in [5.41, 5.74) is 0.427. The first-order valence-electron chi connectivity index (χ1n) is 7.26. The molecule has 1 aromatic rings. The molecular weight excluding hydrogens is 320 g/mol. The second kappa shape index (κ2) is 7.20. The molecule has 0 saturated carbocycles. The Morgan fingerprint density at radius 2 is 2.00 bits per heavy atom. The standard InChI is InChI=1S/C15H22N2O5S/c1-22-12-7-5-11(6-8-12)15(19)16-10-13(18)17-9-3-4-14(17)23(2,20)21/h5-8,14,20-21H,3-4,9-10H2,1-2H3,(H,16,19). The van der Waals surface area contributed by atoms with Crippen LogP contribution in [-0.4, -0.2) is 57.6 Å². The lowest BCUT2D eigenvalue weighted by molar-refractivity contribution is -0.129. The molecule has 1 atom stereocenters. The molecule has 7 nitrogen and oxygen atoms in total. The molecular formula is C15H22N2O5S. The molecule has 1 aliphatic rings. The molecule has 0 aromatic heterocycles. The number of hydrogen-bond acceptors (Lipinski definition) is 5. The Morgan fingerprint density at radius 1 is 1.35 bits per heavy atom. The first-order valence-corrected chi connectivity index (χ1v) is 9.28. The van der Waals surface area contributed by atoms with Crippen LogP contribution in [-0.2, 0) is 4.79 Å². The second-order valence-corrected chi connectivity index (χ2v) is 7.82. The van der Waals surface area contributed by atoms with Gasteiger partial charge in [0.25, 0.3) is 5.91 Å². The van der Waals surface area contributed by atoms with Crippen LogP contribution in [0.1, 0.15) is 23.2 Å². The molecule has 1 heterocycles. The quantitative estimate of drug-likeness (QED) is 0.757. The van der Waals surface area contributed by atoms with E-state index in [2.05, 4.69) is 5.32 Å². The highest BCUT2D eigenvalue weighted by atomic mass is 32.3. The molecule has 1 saturated heterocycles. The fourth-order valence-electron chi connectivity index (χ4n) is 2.59. The van der Waals surface area contributed by atoms with Gasteiger partial charge < -0.3 is 15.0 Å². The largest absolute Gasteiger partial charge is 0.497 e. The normalized spacial score (nSPS) is 18.6. The maximum Gasteiger partial charge on any atom is 0.251 e. The van der Waals surface area contributed by atoms with Gasteiger partial charge in [-0.3, -0.25) is 18.7 Å². The minimum Gasteiger partial charge on any atom is -0.497 e. The Balaban J connectivity index is 1.91. The van der Waals surface area contributed by atoms with Crippen molar-refractivity contribution in [1.29, 1.82) is 0 Å². The van der Waals surface area contributed by atoms with Gasteiger partial charge in [-0.1, -0.05) is 0 Å². The smallest absolute Gasteiger partial charge is 0.251 e. The zero-order valence-electron chi connectivity index (χ0n) is 13.2.